The number of anilines is 1. The Balaban J connectivity index is 1.86. The molecule has 0 aliphatic carbocycles. The molecule has 0 radical (unpaired) electrons. The van der Waals surface area contributed by atoms with Crippen LogP contribution >= 0.6 is 0 Å². The fourth-order valence-electron chi connectivity index (χ4n) is 2.24. The Morgan fingerprint density at radius 2 is 2.09 bits per heavy atom. The fraction of sp³-hybridized carbons (Fsp3) is 0.353. The van der Waals surface area contributed by atoms with Gasteiger partial charge < -0.3 is 15.4 Å². The highest BCUT2D eigenvalue weighted by atomic mass is 16.5. The summed E-state index contributed by atoms with van der Waals surface area (Å²) in [5.74, 6) is -0.473. The summed E-state index contributed by atoms with van der Waals surface area (Å²) in [6.45, 7) is 1.72. The van der Waals surface area contributed by atoms with Crippen LogP contribution < -0.4 is 10.6 Å². The first kappa shape index (κ1) is 16.7. The number of hydrogen-bond acceptors (Lipinski definition) is 4. The minimum atomic E-state index is -0.349. The molecule has 6 nitrogen and oxygen atoms in total. The van der Waals surface area contributed by atoms with Crippen LogP contribution in [0, 0.1) is 11.3 Å². The molecule has 2 rings (SSSR count). The first-order valence-electron chi connectivity index (χ1n) is 7.48. The number of amides is 2. The Hall–Kier alpha value is -2.65. The lowest BCUT2D eigenvalue weighted by atomic mass is 10.1. The molecule has 0 atom stereocenters. The molecule has 2 amide bonds. The molecule has 0 spiro atoms. The molecule has 0 bridgehead atoms. The Morgan fingerprint density at radius 1 is 1.30 bits per heavy atom. The second-order valence-electron chi connectivity index (χ2n) is 5.22. The van der Waals surface area contributed by atoms with Gasteiger partial charge in [0.1, 0.15) is 6.42 Å². The van der Waals surface area contributed by atoms with Gasteiger partial charge in [0.25, 0.3) is 0 Å². The van der Waals surface area contributed by atoms with Crippen LogP contribution in [0.15, 0.2) is 35.9 Å². The molecule has 120 valence electrons. The summed E-state index contributed by atoms with van der Waals surface area (Å²) in [5, 5.41) is 13.9. The minimum Gasteiger partial charge on any atom is -0.381 e. The van der Waals surface area contributed by atoms with Gasteiger partial charge in [-0.1, -0.05) is 17.7 Å². The van der Waals surface area contributed by atoms with Crippen molar-refractivity contribution in [2.45, 2.75) is 25.8 Å². The number of nitrogens with one attached hydrogen (secondary N) is 2. The van der Waals surface area contributed by atoms with Crippen LogP contribution in [0.1, 0.15) is 24.8 Å². The summed E-state index contributed by atoms with van der Waals surface area (Å²) >= 11 is 0. The van der Waals surface area contributed by atoms with E-state index in [1.165, 1.54) is 0 Å². The van der Waals surface area contributed by atoms with E-state index in [4.69, 9.17) is 10.00 Å². The van der Waals surface area contributed by atoms with E-state index in [-0.39, 0.29) is 18.2 Å². The molecule has 0 saturated carbocycles. The molecule has 0 unspecified atom stereocenters. The fourth-order valence-corrected chi connectivity index (χ4v) is 2.24. The van der Waals surface area contributed by atoms with Crippen LogP contribution in [0.3, 0.4) is 0 Å². The molecule has 1 aliphatic heterocycles. The van der Waals surface area contributed by atoms with Gasteiger partial charge >= 0.3 is 0 Å². The Bertz CT molecular complexity index is 639. The molecule has 1 fully saturated rings. The quantitative estimate of drug-likeness (QED) is 0.812. The van der Waals surface area contributed by atoms with Crippen LogP contribution in [0.2, 0.25) is 0 Å². The van der Waals surface area contributed by atoms with Gasteiger partial charge in [-0.3, -0.25) is 9.59 Å². The molecule has 1 aliphatic rings. The van der Waals surface area contributed by atoms with Crippen molar-refractivity contribution in [3.8, 4) is 6.07 Å². The molecule has 1 heterocycles. The molecule has 23 heavy (non-hydrogen) atoms. The smallest absolute Gasteiger partial charge is 0.244 e. The highest BCUT2D eigenvalue weighted by molar-refractivity contribution is 5.92. The third kappa shape index (κ3) is 5.93. The van der Waals surface area contributed by atoms with E-state index in [9.17, 15) is 9.59 Å². The number of benzene rings is 1. The lowest BCUT2D eigenvalue weighted by Crippen LogP contribution is -2.22. The molecule has 2 N–H and O–H groups in total. The number of nitrogens with zero attached hydrogens (tertiary/aromatic N) is 1. The van der Waals surface area contributed by atoms with E-state index in [0.29, 0.717) is 25.4 Å². The van der Waals surface area contributed by atoms with Crippen LogP contribution in [0.4, 0.5) is 5.69 Å². The van der Waals surface area contributed by atoms with Crippen molar-refractivity contribution in [2.75, 3.05) is 18.5 Å². The van der Waals surface area contributed by atoms with E-state index in [1.807, 2.05) is 6.07 Å². The summed E-state index contributed by atoms with van der Waals surface area (Å²) < 4.78 is 5.25. The average Bonchev–Trinajstić information content (AvgIpc) is 2.54. The molecular formula is C17H19N3O3. The summed E-state index contributed by atoms with van der Waals surface area (Å²) in [7, 11) is 0. The van der Waals surface area contributed by atoms with Gasteiger partial charge in [0.05, 0.1) is 19.3 Å². The standard InChI is InChI=1S/C17H19N3O3/c18-7-4-16(21)20-15-3-1-2-14(10-15)12-19-17(22)11-13-5-8-23-9-6-13/h1-3,10-11H,4-6,8-9,12H2,(H,19,22)(H,20,21). The highest BCUT2D eigenvalue weighted by Gasteiger charge is 2.08. The van der Waals surface area contributed by atoms with E-state index in [1.54, 1.807) is 30.3 Å². The first-order valence-corrected chi connectivity index (χ1v) is 7.48. The van der Waals surface area contributed by atoms with E-state index in [2.05, 4.69) is 10.6 Å². The molecule has 0 aromatic heterocycles. The summed E-state index contributed by atoms with van der Waals surface area (Å²) in [6, 6.07) is 8.97. The van der Waals surface area contributed by atoms with Gasteiger partial charge in [0.15, 0.2) is 0 Å². The Morgan fingerprint density at radius 3 is 2.83 bits per heavy atom. The largest absolute Gasteiger partial charge is 0.381 e. The molecule has 1 aromatic rings. The zero-order chi connectivity index (χ0) is 16.5. The van der Waals surface area contributed by atoms with Gasteiger partial charge in [-0.25, -0.2) is 0 Å². The van der Waals surface area contributed by atoms with Crippen molar-refractivity contribution in [1.29, 1.82) is 5.26 Å². The minimum absolute atomic E-state index is 0.124. The number of carbonyl (C=O) groups excluding carboxylic acids is 2. The van der Waals surface area contributed by atoms with E-state index in [0.717, 1.165) is 24.0 Å². The van der Waals surface area contributed by atoms with E-state index < -0.39 is 0 Å². The van der Waals surface area contributed by atoms with Crippen molar-refractivity contribution in [3.63, 3.8) is 0 Å². The predicted octanol–water partition coefficient (Wildman–Crippen LogP) is 1.89. The predicted molar refractivity (Wildman–Crippen MR) is 85.3 cm³/mol. The van der Waals surface area contributed by atoms with Crippen molar-refractivity contribution in [2.24, 2.45) is 0 Å². The summed E-state index contributed by atoms with van der Waals surface area (Å²) in [4.78, 5) is 23.3. The maximum Gasteiger partial charge on any atom is 0.244 e. The highest BCUT2D eigenvalue weighted by Crippen LogP contribution is 2.13. The van der Waals surface area contributed by atoms with Gasteiger partial charge in [0, 0.05) is 18.3 Å². The molecular weight excluding hydrogens is 294 g/mol. The van der Waals surface area contributed by atoms with Crippen molar-refractivity contribution in [3.05, 3.63) is 41.5 Å². The van der Waals surface area contributed by atoms with Gasteiger partial charge in [0.2, 0.25) is 11.8 Å². The van der Waals surface area contributed by atoms with Crippen LogP contribution in [0.5, 0.6) is 0 Å². The van der Waals surface area contributed by atoms with Crippen LogP contribution in [0.25, 0.3) is 0 Å². The number of ether oxygens (including phenoxy) is 1. The molecule has 1 aromatic carbocycles. The summed E-state index contributed by atoms with van der Waals surface area (Å²) in [5.41, 5.74) is 2.59. The first-order chi connectivity index (χ1) is 11.2. The SMILES string of the molecule is N#CCC(=O)Nc1cccc(CNC(=O)C=C2CCOCC2)c1. The number of carbonyl (C=O) groups is 2. The maximum absolute atomic E-state index is 11.9. The van der Waals surface area contributed by atoms with Gasteiger partial charge in [-0.2, -0.15) is 5.26 Å². The topological polar surface area (TPSA) is 91.2 Å². The van der Waals surface area contributed by atoms with Crippen molar-refractivity contribution in [1.82, 2.24) is 5.32 Å². The van der Waals surface area contributed by atoms with E-state index >= 15 is 0 Å². The molecule has 1 saturated heterocycles. The van der Waals surface area contributed by atoms with Crippen LogP contribution in [-0.2, 0) is 20.9 Å². The lowest BCUT2D eigenvalue weighted by molar-refractivity contribution is -0.117. The zero-order valence-electron chi connectivity index (χ0n) is 12.8. The maximum atomic E-state index is 11.9. The molecule has 6 heteroatoms. The van der Waals surface area contributed by atoms with Crippen LogP contribution in [-0.4, -0.2) is 25.0 Å². The Labute approximate surface area is 135 Å². The second kappa shape index (κ2) is 8.71. The number of hydrogen-bond donors (Lipinski definition) is 2. The van der Waals surface area contributed by atoms with Gasteiger partial charge in [-0.05, 0) is 30.5 Å². The third-order valence-electron chi connectivity index (χ3n) is 3.39. The lowest BCUT2D eigenvalue weighted by Gasteiger charge is -2.14. The number of rotatable bonds is 5. The Kier molecular flexibility index (Phi) is 6.33. The van der Waals surface area contributed by atoms with Gasteiger partial charge in [-0.15, -0.1) is 0 Å². The van der Waals surface area contributed by atoms with Crippen molar-refractivity contribution >= 4 is 17.5 Å². The number of nitriles is 1. The van der Waals surface area contributed by atoms with Crippen molar-refractivity contribution < 1.29 is 14.3 Å². The average molecular weight is 313 g/mol. The summed E-state index contributed by atoms with van der Waals surface area (Å²) in [6.07, 6.45) is 3.06. The monoisotopic (exact) mass is 313 g/mol. The third-order valence-corrected chi connectivity index (χ3v) is 3.39. The zero-order valence-corrected chi connectivity index (χ0v) is 12.8. The normalized spacial score (nSPS) is 13.8. The second-order valence-corrected chi connectivity index (χ2v) is 5.22.